The molecule has 1 aromatic rings. The second-order valence-electron chi connectivity index (χ2n) is 8.76. The quantitative estimate of drug-likeness (QED) is 0.354. The van der Waals surface area contributed by atoms with E-state index in [9.17, 15) is 14.8 Å². The van der Waals surface area contributed by atoms with Crippen molar-refractivity contribution in [3.05, 3.63) is 42.0 Å². The summed E-state index contributed by atoms with van der Waals surface area (Å²) >= 11 is 0. The summed E-state index contributed by atoms with van der Waals surface area (Å²) in [7, 11) is -1.46. The van der Waals surface area contributed by atoms with E-state index in [1.54, 1.807) is 12.1 Å². The Morgan fingerprint density at radius 3 is 2.41 bits per heavy atom. The van der Waals surface area contributed by atoms with E-state index in [1.807, 2.05) is 24.3 Å². The van der Waals surface area contributed by atoms with Crippen molar-refractivity contribution in [2.24, 2.45) is 0 Å². The van der Waals surface area contributed by atoms with Crippen molar-refractivity contribution in [3.8, 4) is 0 Å². The third-order valence-electron chi connectivity index (χ3n) is 6.42. The second kappa shape index (κ2) is 13.1. The highest BCUT2D eigenvalue weighted by atomic mass is 16.5. The molecular formula is C24H36BNO6. The van der Waals surface area contributed by atoms with Crippen molar-refractivity contribution < 1.29 is 29.4 Å². The van der Waals surface area contributed by atoms with Crippen LogP contribution in [0.4, 0.5) is 0 Å². The first-order valence-corrected chi connectivity index (χ1v) is 11.8. The Labute approximate surface area is 191 Å². The number of carbonyl (C=O) groups is 1. The topological polar surface area (TPSA) is 99.5 Å². The van der Waals surface area contributed by atoms with Gasteiger partial charge in [-0.3, -0.25) is 9.69 Å². The van der Waals surface area contributed by atoms with Gasteiger partial charge in [0.05, 0.1) is 25.4 Å². The first-order chi connectivity index (χ1) is 15.5. The molecule has 1 aliphatic carbocycles. The molecule has 0 unspecified atom stereocenters. The lowest BCUT2D eigenvalue weighted by molar-refractivity contribution is -0.136. The third-order valence-corrected chi connectivity index (χ3v) is 6.42. The van der Waals surface area contributed by atoms with Crippen LogP contribution in [0.25, 0.3) is 0 Å². The predicted molar refractivity (Wildman–Crippen MR) is 124 cm³/mol. The fourth-order valence-electron chi connectivity index (χ4n) is 4.67. The van der Waals surface area contributed by atoms with E-state index in [0.29, 0.717) is 31.1 Å². The van der Waals surface area contributed by atoms with Gasteiger partial charge in [-0.05, 0) is 56.2 Å². The number of allylic oxidation sites excluding steroid dienone is 1. The van der Waals surface area contributed by atoms with Crippen LogP contribution in [0.2, 0.25) is 0 Å². The number of carboxylic acid groups (broad SMARTS) is 1. The van der Waals surface area contributed by atoms with Crippen molar-refractivity contribution in [1.82, 2.24) is 4.90 Å². The maximum Gasteiger partial charge on any atom is 0.488 e. The molecule has 2 aliphatic rings. The van der Waals surface area contributed by atoms with Gasteiger partial charge in [0.1, 0.15) is 0 Å². The third kappa shape index (κ3) is 7.71. The number of rotatable bonds is 11. The summed E-state index contributed by atoms with van der Waals surface area (Å²) in [6.45, 7) is 3.12. The van der Waals surface area contributed by atoms with Crippen LogP contribution in [-0.4, -0.2) is 71.1 Å². The Morgan fingerprint density at radius 1 is 1.03 bits per heavy atom. The largest absolute Gasteiger partial charge is 0.488 e. The van der Waals surface area contributed by atoms with E-state index in [-0.39, 0.29) is 18.6 Å². The van der Waals surface area contributed by atoms with Crippen LogP contribution < -0.4 is 5.46 Å². The van der Waals surface area contributed by atoms with Crippen LogP contribution in [0, 0.1) is 0 Å². The highest BCUT2D eigenvalue weighted by molar-refractivity contribution is 6.58. The molecule has 7 nitrogen and oxygen atoms in total. The van der Waals surface area contributed by atoms with Crippen LogP contribution in [0.5, 0.6) is 0 Å². The summed E-state index contributed by atoms with van der Waals surface area (Å²) in [5, 5.41) is 27.3. The van der Waals surface area contributed by atoms with Crippen LogP contribution in [-0.2, 0) is 20.9 Å². The number of hydrogen-bond acceptors (Lipinski definition) is 6. The van der Waals surface area contributed by atoms with Crippen LogP contribution in [0.1, 0.15) is 56.9 Å². The zero-order valence-electron chi connectivity index (χ0n) is 18.8. The van der Waals surface area contributed by atoms with Crippen molar-refractivity contribution >= 4 is 18.6 Å². The lowest BCUT2D eigenvalue weighted by Crippen LogP contribution is -2.45. The molecule has 1 aromatic carbocycles. The van der Waals surface area contributed by atoms with Crippen molar-refractivity contribution in [1.29, 1.82) is 0 Å². The number of nitrogens with zero attached hydrogens (tertiary/aromatic N) is 1. The Bertz CT molecular complexity index is 718. The summed E-state index contributed by atoms with van der Waals surface area (Å²) in [6, 6.07) is 7.47. The predicted octanol–water partition coefficient (Wildman–Crippen LogP) is 2.10. The average molecular weight is 445 g/mol. The Morgan fingerprint density at radius 2 is 1.75 bits per heavy atom. The Balaban J connectivity index is 1.58. The molecule has 32 heavy (non-hydrogen) atoms. The summed E-state index contributed by atoms with van der Waals surface area (Å²) < 4.78 is 12.6. The van der Waals surface area contributed by atoms with E-state index in [0.717, 1.165) is 31.5 Å². The fourth-order valence-corrected chi connectivity index (χ4v) is 4.67. The SMILES string of the molecule is O=C(O)CCC=CCO[C@H]1[C@@H](OCc2ccc(B(O)O)cc2)CC[C@@H]1N1CCCCCC1. The van der Waals surface area contributed by atoms with E-state index in [1.165, 1.54) is 25.7 Å². The van der Waals surface area contributed by atoms with Crippen LogP contribution in [0.15, 0.2) is 36.4 Å². The number of aliphatic carboxylic acids is 1. The molecular weight excluding hydrogens is 409 g/mol. The first-order valence-electron chi connectivity index (χ1n) is 11.8. The Kier molecular flexibility index (Phi) is 10.2. The number of benzene rings is 1. The molecule has 8 heteroatoms. The summed E-state index contributed by atoms with van der Waals surface area (Å²) in [5.74, 6) is -0.789. The maximum absolute atomic E-state index is 10.7. The molecule has 3 atom stereocenters. The number of ether oxygens (including phenoxy) is 2. The van der Waals surface area contributed by atoms with Gasteiger partial charge >= 0.3 is 13.1 Å². The minimum absolute atomic E-state index is 0.00113. The van der Waals surface area contributed by atoms with Gasteiger partial charge in [0, 0.05) is 12.5 Å². The fraction of sp³-hybridized carbons (Fsp3) is 0.625. The van der Waals surface area contributed by atoms with E-state index in [2.05, 4.69) is 4.90 Å². The molecule has 0 spiro atoms. The molecule has 0 radical (unpaired) electrons. The van der Waals surface area contributed by atoms with Crippen LogP contribution >= 0.6 is 0 Å². The van der Waals surface area contributed by atoms with Crippen LogP contribution in [0.3, 0.4) is 0 Å². The standard InChI is InChI=1S/C24H36BNO6/c27-23(28)8-4-3-7-17-31-24-21(26-15-5-1-2-6-16-26)13-14-22(24)32-18-19-9-11-20(12-10-19)25(29)30/h3,7,9-12,21-22,24,29-30H,1-2,4-6,8,13-18H2,(H,27,28)/t21-,22-,24+/m0/s1. The zero-order chi connectivity index (χ0) is 22.8. The smallest absolute Gasteiger partial charge is 0.481 e. The van der Waals surface area contributed by atoms with Crippen molar-refractivity contribution in [2.45, 2.75) is 76.2 Å². The second-order valence-corrected chi connectivity index (χ2v) is 8.76. The number of carboxylic acids is 1. The molecule has 1 saturated heterocycles. The van der Waals surface area contributed by atoms with Gasteiger partial charge in [-0.15, -0.1) is 0 Å². The van der Waals surface area contributed by atoms with Gasteiger partial charge in [0.2, 0.25) is 0 Å². The lowest BCUT2D eigenvalue weighted by Gasteiger charge is -2.33. The van der Waals surface area contributed by atoms with Gasteiger partial charge in [-0.1, -0.05) is 49.3 Å². The van der Waals surface area contributed by atoms with Gasteiger partial charge in [0.15, 0.2) is 0 Å². The molecule has 1 aliphatic heterocycles. The highest BCUT2D eigenvalue weighted by Gasteiger charge is 2.40. The minimum atomic E-state index is -1.46. The average Bonchev–Trinajstić information content (AvgIpc) is 2.98. The first kappa shape index (κ1) is 24.9. The van der Waals surface area contributed by atoms with Crippen molar-refractivity contribution in [3.63, 3.8) is 0 Å². The summed E-state index contributed by atoms with van der Waals surface area (Å²) in [6.07, 6.45) is 11.4. The molecule has 1 heterocycles. The molecule has 2 fully saturated rings. The molecule has 0 aromatic heterocycles. The molecule has 0 amide bonds. The number of likely N-dealkylation sites (tertiary alicyclic amines) is 1. The molecule has 3 rings (SSSR count). The maximum atomic E-state index is 10.7. The molecule has 3 N–H and O–H groups in total. The normalized spacial score (nSPS) is 24.6. The Hall–Kier alpha value is -1.71. The van der Waals surface area contributed by atoms with Gasteiger partial charge in [0.25, 0.3) is 0 Å². The molecule has 1 saturated carbocycles. The van der Waals surface area contributed by atoms with E-state index in [4.69, 9.17) is 14.6 Å². The van der Waals surface area contributed by atoms with Gasteiger partial charge in [-0.25, -0.2) is 0 Å². The summed E-state index contributed by atoms with van der Waals surface area (Å²) in [5.41, 5.74) is 1.45. The molecule has 176 valence electrons. The van der Waals surface area contributed by atoms with E-state index < -0.39 is 13.1 Å². The molecule has 0 bridgehead atoms. The van der Waals surface area contributed by atoms with E-state index >= 15 is 0 Å². The summed E-state index contributed by atoms with van der Waals surface area (Å²) in [4.78, 5) is 13.2. The van der Waals surface area contributed by atoms with Gasteiger partial charge in [-0.2, -0.15) is 0 Å². The van der Waals surface area contributed by atoms with Crippen molar-refractivity contribution in [2.75, 3.05) is 19.7 Å². The zero-order valence-corrected chi connectivity index (χ0v) is 18.8. The number of hydrogen-bond donors (Lipinski definition) is 3. The lowest BCUT2D eigenvalue weighted by atomic mass is 9.80. The highest BCUT2D eigenvalue weighted by Crippen LogP contribution is 2.31. The van der Waals surface area contributed by atoms with Gasteiger partial charge < -0.3 is 24.6 Å². The minimum Gasteiger partial charge on any atom is -0.481 e. The monoisotopic (exact) mass is 445 g/mol.